The van der Waals surface area contributed by atoms with E-state index in [0.29, 0.717) is 6.42 Å². The summed E-state index contributed by atoms with van der Waals surface area (Å²) in [4.78, 5) is 10.9. The second kappa shape index (κ2) is 4.89. The monoisotopic (exact) mass is 197 g/mol. The molecule has 2 N–H and O–H groups in total. The van der Waals surface area contributed by atoms with E-state index < -0.39 is 12.0 Å². The highest BCUT2D eigenvalue weighted by atomic mass is 32.1. The molecule has 0 fully saturated rings. The van der Waals surface area contributed by atoms with Gasteiger partial charge < -0.3 is 9.92 Å². The van der Waals surface area contributed by atoms with Crippen molar-refractivity contribution in [3.05, 3.63) is 35.9 Å². The fraction of sp³-hybridized carbons (Fsp3) is 0.222. The molecule has 0 aliphatic carbocycles. The number of rotatable bonds is 3. The van der Waals surface area contributed by atoms with Crippen LogP contribution in [0.5, 0.6) is 0 Å². The van der Waals surface area contributed by atoms with Crippen LogP contribution >= 0.6 is 12.9 Å². The maximum Gasteiger partial charge on any atom is 0.335 e. The largest absolute Gasteiger partial charge is 0.393 e. The van der Waals surface area contributed by atoms with Crippen LogP contribution < -0.4 is 5.73 Å². The third-order valence-corrected chi connectivity index (χ3v) is 1.87. The van der Waals surface area contributed by atoms with Gasteiger partial charge in [-0.15, -0.1) is 0 Å². The van der Waals surface area contributed by atoms with Gasteiger partial charge in [0, 0.05) is 12.9 Å². The number of nitrogens with two attached hydrogens (primary N) is 1. The van der Waals surface area contributed by atoms with Crippen LogP contribution in [0.15, 0.2) is 30.3 Å². The molecule has 0 saturated heterocycles. The molecule has 1 atom stereocenters. The highest BCUT2D eigenvalue weighted by Gasteiger charge is 2.14. The zero-order chi connectivity index (χ0) is 9.68. The van der Waals surface area contributed by atoms with Crippen LogP contribution in [0.25, 0.3) is 0 Å². The predicted octanol–water partition coefficient (Wildman–Crippen LogP) is 0.944. The molecule has 0 aliphatic rings. The van der Waals surface area contributed by atoms with Crippen molar-refractivity contribution in [2.24, 2.45) is 5.73 Å². The SMILES string of the molecule is N[C@@H](Cc1ccccc1)C(=O)OS. The van der Waals surface area contributed by atoms with Gasteiger partial charge >= 0.3 is 5.97 Å². The minimum Gasteiger partial charge on any atom is -0.393 e. The molecule has 0 aromatic heterocycles. The van der Waals surface area contributed by atoms with Crippen molar-refractivity contribution in [1.29, 1.82) is 0 Å². The lowest BCUT2D eigenvalue weighted by Crippen LogP contribution is -2.32. The molecule has 0 amide bonds. The van der Waals surface area contributed by atoms with Crippen molar-refractivity contribution in [3.63, 3.8) is 0 Å². The van der Waals surface area contributed by atoms with Crippen LogP contribution in [-0.4, -0.2) is 12.0 Å². The first kappa shape index (κ1) is 10.1. The molecule has 1 aromatic carbocycles. The molecule has 0 unspecified atom stereocenters. The molecular formula is C9H11NO2S. The molecule has 0 spiro atoms. The van der Waals surface area contributed by atoms with Gasteiger partial charge in [0.15, 0.2) is 0 Å². The summed E-state index contributed by atoms with van der Waals surface area (Å²) < 4.78 is 4.21. The van der Waals surface area contributed by atoms with E-state index in [1.54, 1.807) is 0 Å². The Balaban J connectivity index is 2.55. The molecule has 4 heteroatoms. The van der Waals surface area contributed by atoms with Gasteiger partial charge in [0.2, 0.25) is 0 Å². The van der Waals surface area contributed by atoms with Crippen molar-refractivity contribution < 1.29 is 8.98 Å². The van der Waals surface area contributed by atoms with Crippen molar-refractivity contribution in [2.75, 3.05) is 0 Å². The van der Waals surface area contributed by atoms with Gasteiger partial charge in [0.1, 0.15) is 6.04 Å². The predicted molar refractivity (Wildman–Crippen MR) is 53.2 cm³/mol. The summed E-state index contributed by atoms with van der Waals surface area (Å²) in [6, 6.07) is 8.88. The first-order chi connectivity index (χ1) is 6.24. The smallest absolute Gasteiger partial charge is 0.335 e. The number of carbonyl (C=O) groups excluding carboxylic acids is 1. The van der Waals surface area contributed by atoms with Crippen molar-refractivity contribution in [1.82, 2.24) is 0 Å². The zero-order valence-electron chi connectivity index (χ0n) is 7.01. The Kier molecular flexibility index (Phi) is 3.79. The summed E-state index contributed by atoms with van der Waals surface area (Å²) in [5, 5.41) is 0. The molecular weight excluding hydrogens is 186 g/mol. The van der Waals surface area contributed by atoms with E-state index in [0.717, 1.165) is 5.56 Å². The topological polar surface area (TPSA) is 52.3 Å². The quantitative estimate of drug-likeness (QED) is 0.560. The number of benzene rings is 1. The Morgan fingerprint density at radius 2 is 2.08 bits per heavy atom. The lowest BCUT2D eigenvalue weighted by molar-refractivity contribution is -0.134. The van der Waals surface area contributed by atoms with Gasteiger partial charge in [-0.3, -0.25) is 0 Å². The Labute approximate surface area is 82.5 Å². The summed E-state index contributed by atoms with van der Waals surface area (Å²) in [6.45, 7) is 0. The highest BCUT2D eigenvalue weighted by molar-refractivity contribution is 7.75. The van der Waals surface area contributed by atoms with E-state index in [4.69, 9.17) is 5.73 Å². The molecule has 1 aromatic rings. The van der Waals surface area contributed by atoms with E-state index in [1.165, 1.54) is 0 Å². The molecule has 0 bridgehead atoms. The van der Waals surface area contributed by atoms with Crippen molar-refractivity contribution in [2.45, 2.75) is 12.5 Å². The van der Waals surface area contributed by atoms with Crippen LogP contribution in [0, 0.1) is 0 Å². The van der Waals surface area contributed by atoms with Gasteiger partial charge in [-0.1, -0.05) is 30.3 Å². The molecule has 3 nitrogen and oxygen atoms in total. The molecule has 70 valence electrons. The van der Waals surface area contributed by atoms with E-state index in [1.807, 2.05) is 30.3 Å². The van der Waals surface area contributed by atoms with Gasteiger partial charge in [-0.25, -0.2) is 4.79 Å². The van der Waals surface area contributed by atoms with Gasteiger partial charge in [-0.2, -0.15) is 0 Å². The Morgan fingerprint density at radius 3 is 2.62 bits per heavy atom. The van der Waals surface area contributed by atoms with Gasteiger partial charge in [0.05, 0.1) is 0 Å². The van der Waals surface area contributed by atoms with E-state index in [9.17, 15) is 4.79 Å². The van der Waals surface area contributed by atoms with Crippen molar-refractivity contribution in [3.8, 4) is 0 Å². The Bertz CT molecular complexity index is 276. The zero-order valence-corrected chi connectivity index (χ0v) is 7.91. The molecule has 0 aliphatic heterocycles. The van der Waals surface area contributed by atoms with Gasteiger partial charge in [0.25, 0.3) is 0 Å². The van der Waals surface area contributed by atoms with Crippen LogP contribution in [-0.2, 0) is 15.4 Å². The van der Waals surface area contributed by atoms with E-state index in [2.05, 4.69) is 17.1 Å². The lowest BCUT2D eigenvalue weighted by atomic mass is 10.1. The Hall–Kier alpha value is -1.00. The fourth-order valence-electron chi connectivity index (χ4n) is 1.02. The number of hydrogen-bond acceptors (Lipinski definition) is 4. The third kappa shape index (κ3) is 3.08. The summed E-state index contributed by atoms with van der Waals surface area (Å²) in [5.41, 5.74) is 6.54. The average Bonchev–Trinajstić information content (AvgIpc) is 2.18. The van der Waals surface area contributed by atoms with Crippen LogP contribution in [0.2, 0.25) is 0 Å². The molecule has 13 heavy (non-hydrogen) atoms. The number of hydrogen-bond donors (Lipinski definition) is 2. The summed E-state index contributed by atoms with van der Waals surface area (Å²) in [7, 11) is 0. The maximum atomic E-state index is 10.9. The normalized spacial score (nSPS) is 12.2. The summed E-state index contributed by atoms with van der Waals surface area (Å²) in [6.07, 6.45) is 0.472. The second-order valence-corrected chi connectivity index (χ2v) is 2.89. The minimum absolute atomic E-state index is 0.472. The first-order valence-corrected chi connectivity index (χ1v) is 4.25. The second-order valence-electron chi connectivity index (χ2n) is 2.71. The van der Waals surface area contributed by atoms with Crippen LogP contribution in [0.3, 0.4) is 0 Å². The van der Waals surface area contributed by atoms with E-state index in [-0.39, 0.29) is 0 Å². The molecule has 0 heterocycles. The standard InChI is InChI=1S/C9H11NO2S/c10-8(9(11)12-13)6-7-4-2-1-3-5-7/h1-5,8,13H,6,10H2/t8-/m0/s1. The van der Waals surface area contributed by atoms with E-state index >= 15 is 0 Å². The highest BCUT2D eigenvalue weighted by Crippen LogP contribution is 2.03. The average molecular weight is 197 g/mol. The molecule has 0 saturated carbocycles. The van der Waals surface area contributed by atoms with Crippen LogP contribution in [0.1, 0.15) is 5.56 Å². The van der Waals surface area contributed by atoms with Crippen LogP contribution in [0.4, 0.5) is 0 Å². The first-order valence-electron chi connectivity index (χ1n) is 3.89. The summed E-state index contributed by atoms with van der Waals surface area (Å²) >= 11 is 3.39. The molecule has 1 rings (SSSR count). The van der Waals surface area contributed by atoms with Crippen molar-refractivity contribution >= 4 is 18.9 Å². The lowest BCUT2D eigenvalue weighted by Gasteiger charge is -2.07. The fourth-order valence-corrected chi connectivity index (χ4v) is 1.15. The number of thiol groups is 1. The molecule has 0 radical (unpaired) electrons. The van der Waals surface area contributed by atoms with Gasteiger partial charge in [-0.05, 0) is 12.0 Å². The maximum absolute atomic E-state index is 10.9. The minimum atomic E-state index is -0.639. The summed E-state index contributed by atoms with van der Waals surface area (Å²) in [5.74, 6) is -0.507. The Morgan fingerprint density at radius 1 is 1.46 bits per heavy atom. The number of carbonyl (C=O) groups is 1. The third-order valence-electron chi connectivity index (χ3n) is 1.69.